The van der Waals surface area contributed by atoms with Crippen LogP contribution in [-0.2, 0) is 21.4 Å². The molecule has 2 heterocycles. The van der Waals surface area contributed by atoms with Crippen LogP contribution in [0, 0.1) is 11.7 Å². The number of halogens is 1. The Balaban J connectivity index is 1.78. The van der Waals surface area contributed by atoms with E-state index in [2.05, 4.69) is 21.9 Å². The monoisotopic (exact) mass is 444 g/mol. The minimum absolute atomic E-state index is 0.0340. The van der Waals surface area contributed by atoms with E-state index in [9.17, 15) is 17.6 Å². The first kappa shape index (κ1) is 21.3. The van der Waals surface area contributed by atoms with Gasteiger partial charge in [0.1, 0.15) is 17.3 Å². The molecule has 0 bridgehead atoms. The Morgan fingerprint density at radius 3 is 2.65 bits per heavy atom. The molecule has 1 fully saturated rings. The van der Waals surface area contributed by atoms with Crippen molar-refractivity contribution in [1.29, 1.82) is 0 Å². The first-order chi connectivity index (χ1) is 14.8. The highest BCUT2D eigenvalue weighted by atomic mass is 32.2. The fraction of sp³-hybridized carbons (Fsp3) is 0.364. The topological polar surface area (TPSA) is 93.1 Å². The van der Waals surface area contributed by atoms with E-state index in [4.69, 9.17) is 0 Å². The molecule has 0 atom stereocenters. The van der Waals surface area contributed by atoms with E-state index >= 15 is 0 Å². The summed E-state index contributed by atoms with van der Waals surface area (Å²) < 4.78 is 42.6. The van der Waals surface area contributed by atoms with Crippen LogP contribution in [0.15, 0.2) is 36.5 Å². The van der Waals surface area contributed by atoms with Gasteiger partial charge in [-0.1, -0.05) is 13.0 Å². The second kappa shape index (κ2) is 8.30. The molecule has 164 valence electrons. The van der Waals surface area contributed by atoms with Crippen LogP contribution < -0.4 is 10.0 Å². The summed E-state index contributed by atoms with van der Waals surface area (Å²) in [6.45, 7) is 4.32. The molecule has 1 aliphatic rings. The molecule has 1 aliphatic carbocycles. The quantitative estimate of drug-likeness (QED) is 0.540. The van der Waals surface area contributed by atoms with Gasteiger partial charge in [0.05, 0.1) is 11.4 Å². The van der Waals surface area contributed by atoms with Crippen LogP contribution in [0.3, 0.4) is 0 Å². The third-order valence-corrected chi connectivity index (χ3v) is 6.61. The number of hydrogen-bond acceptors (Lipinski definition) is 4. The average molecular weight is 445 g/mol. The van der Waals surface area contributed by atoms with E-state index < -0.39 is 15.8 Å². The maximum atomic E-state index is 14.7. The minimum atomic E-state index is -3.58. The summed E-state index contributed by atoms with van der Waals surface area (Å²) in [5.41, 5.74) is 1.90. The molecule has 0 spiro atoms. The highest BCUT2D eigenvalue weighted by Crippen LogP contribution is 2.34. The highest BCUT2D eigenvalue weighted by molar-refractivity contribution is 7.92. The molecule has 1 aromatic carbocycles. The van der Waals surface area contributed by atoms with E-state index in [1.165, 1.54) is 19.1 Å². The van der Waals surface area contributed by atoms with Crippen LogP contribution in [0.2, 0.25) is 0 Å². The van der Waals surface area contributed by atoms with Crippen LogP contribution in [0.5, 0.6) is 0 Å². The van der Waals surface area contributed by atoms with Crippen LogP contribution in [0.25, 0.3) is 22.2 Å². The van der Waals surface area contributed by atoms with Gasteiger partial charge in [0, 0.05) is 24.0 Å². The standard InChI is InChI=1S/C22H25FN4O3S/c1-3-10-27-11-9-16-17(13-20(24-21(16)27)25-22(28)14-5-6-14)15-7-8-19(18(23)12-15)26-31(29,30)4-2/h7-9,11-14,26H,3-6,10H2,1-2H3,(H,24,25,28). The number of anilines is 2. The van der Waals surface area contributed by atoms with Crippen molar-refractivity contribution in [1.82, 2.24) is 9.55 Å². The van der Waals surface area contributed by atoms with Crippen molar-refractivity contribution in [3.63, 3.8) is 0 Å². The Labute approximate surface area is 180 Å². The molecule has 9 heteroatoms. The summed E-state index contributed by atoms with van der Waals surface area (Å²) in [6, 6.07) is 8.03. The summed E-state index contributed by atoms with van der Waals surface area (Å²) in [7, 11) is -3.58. The van der Waals surface area contributed by atoms with Gasteiger partial charge in [0.15, 0.2) is 0 Å². The van der Waals surface area contributed by atoms with Gasteiger partial charge < -0.3 is 9.88 Å². The lowest BCUT2D eigenvalue weighted by Gasteiger charge is -2.12. The number of carbonyl (C=O) groups excluding carboxylic acids is 1. The lowest BCUT2D eigenvalue weighted by atomic mass is 10.0. The first-order valence-electron chi connectivity index (χ1n) is 10.4. The number of aryl methyl sites for hydroxylation is 1. The summed E-state index contributed by atoms with van der Waals surface area (Å²) in [4.78, 5) is 16.9. The number of nitrogens with zero attached hydrogens (tertiary/aromatic N) is 2. The maximum Gasteiger partial charge on any atom is 0.232 e. The van der Waals surface area contributed by atoms with Gasteiger partial charge in [-0.25, -0.2) is 17.8 Å². The minimum Gasteiger partial charge on any atom is -0.332 e. The molecule has 0 saturated heterocycles. The van der Waals surface area contributed by atoms with E-state index in [-0.39, 0.29) is 23.3 Å². The number of amides is 1. The molecule has 4 rings (SSSR count). The van der Waals surface area contributed by atoms with Gasteiger partial charge in [0.25, 0.3) is 0 Å². The number of pyridine rings is 1. The van der Waals surface area contributed by atoms with Gasteiger partial charge in [0.2, 0.25) is 15.9 Å². The normalized spacial score (nSPS) is 14.0. The van der Waals surface area contributed by atoms with Crippen LogP contribution in [0.4, 0.5) is 15.9 Å². The molecule has 1 saturated carbocycles. The summed E-state index contributed by atoms with van der Waals surface area (Å²) in [6.07, 6.45) is 4.61. The smallest absolute Gasteiger partial charge is 0.232 e. The molecule has 0 aliphatic heterocycles. The van der Waals surface area contributed by atoms with Crippen molar-refractivity contribution in [2.75, 3.05) is 15.8 Å². The fourth-order valence-electron chi connectivity index (χ4n) is 3.46. The fourth-order valence-corrected chi connectivity index (χ4v) is 4.11. The Kier molecular flexibility index (Phi) is 5.70. The largest absolute Gasteiger partial charge is 0.332 e. The number of benzene rings is 1. The third-order valence-electron chi connectivity index (χ3n) is 5.32. The van der Waals surface area contributed by atoms with Crippen LogP contribution in [0.1, 0.15) is 33.1 Å². The highest BCUT2D eigenvalue weighted by Gasteiger charge is 2.30. The number of rotatable bonds is 8. The maximum absolute atomic E-state index is 14.7. The van der Waals surface area contributed by atoms with E-state index in [0.717, 1.165) is 36.8 Å². The predicted octanol–water partition coefficient (Wildman–Crippen LogP) is 4.36. The number of hydrogen-bond donors (Lipinski definition) is 2. The van der Waals surface area contributed by atoms with Gasteiger partial charge >= 0.3 is 0 Å². The molecule has 7 nitrogen and oxygen atoms in total. The lowest BCUT2D eigenvalue weighted by molar-refractivity contribution is -0.117. The van der Waals surface area contributed by atoms with Gasteiger partial charge in [-0.05, 0) is 61.6 Å². The zero-order valence-electron chi connectivity index (χ0n) is 17.5. The molecule has 2 N–H and O–H groups in total. The molecule has 0 unspecified atom stereocenters. The van der Waals surface area contributed by atoms with E-state index in [0.29, 0.717) is 17.0 Å². The second-order valence-electron chi connectivity index (χ2n) is 7.77. The Morgan fingerprint density at radius 2 is 2.00 bits per heavy atom. The van der Waals surface area contributed by atoms with Gasteiger partial charge in [-0.3, -0.25) is 9.52 Å². The van der Waals surface area contributed by atoms with Crippen LogP contribution >= 0.6 is 0 Å². The first-order valence-corrected chi connectivity index (χ1v) is 12.1. The molecule has 1 amide bonds. The number of fused-ring (bicyclic) bond motifs is 1. The van der Waals surface area contributed by atoms with Crippen molar-refractivity contribution >= 4 is 38.5 Å². The predicted molar refractivity (Wildman–Crippen MR) is 120 cm³/mol. The molecule has 31 heavy (non-hydrogen) atoms. The number of carbonyl (C=O) groups is 1. The number of sulfonamides is 1. The summed E-state index contributed by atoms with van der Waals surface area (Å²) in [5.74, 6) is -0.412. The Bertz CT molecular complexity index is 1250. The Morgan fingerprint density at radius 1 is 1.23 bits per heavy atom. The summed E-state index contributed by atoms with van der Waals surface area (Å²) >= 11 is 0. The number of aromatic nitrogens is 2. The molecular weight excluding hydrogens is 419 g/mol. The zero-order chi connectivity index (χ0) is 22.2. The van der Waals surface area contributed by atoms with Crippen LogP contribution in [-0.4, -0.2) is 29.6 Å². The zero-order valence-corrected chi connectivity index (χ0v) is 18.3. The van der Waals surface area contributed by atoms with Crippen molar-refractivity contribution in [2.45, 2.75) is 39.7 Å². The molecule has 2 aromatic heterocycles. The SMILES string of the molecule is CCCn1ccc2c(-c3ccc(NS(=O)(=O)CC)c(F)c3)cc(NC(=O)C3CC3)nc21. The lowest BCUT2D eigenvalue weighted by Crippen LogP contribution is -2.15. The van der Waals surface area contributed by atoms with Gasteiger partial charge in [-0.2, -0.15) is 0 Å². The molecule has 0 radical (unpaired) electrons. The van der Waals surface area contributed by atoms with Crippen molar-refractivity contribution < 1.29 is 17.6 Å². The third kappa shape index (κ3) is 4.56. The number of nitrogens with one attached hydrogen (secondary N) is 2. The van der Waals surface area contributed by atoms with Crippen molar-refractivity contribution in [3.8, 4) is 11.1 Å². The average Bonchev–Trinajstić information content (AvgIpc) is 3.52. The second-order valence-corrected chi connectivity index (χ2v) is 9.78. The molecular formula is C22H25FN4O3S. The van der Waals surface area contributed by atoms with Crippen molar-refractivity contribution in [3.05, 3.63) is 42.3 Å². The molecule has 3 aromatic rings. The van der Waals surface area contributed by atoms with E-state index in [1.54, 1.807) is 12.1 Å². The van der Waals surface area contributed by atoms with Gasteiger partial charge in [-0.15, -0.1) is 0 Å². The van der Waals surface area contributed by atoms with Crippen molar-refractivity contribution in [2.24, 2.45) is 5.92 Å². The summed E-state index contributed by atoms with van der Waals surface area (Å²) in [5, 5.41) is 3.71. The van der Waals surface area contributed by atoms with E-state index in [1.807, 2.05) is 16.8 Å². The Hall–Kier alpha value is -2.94.